The zero-order valence-electron chi connectivity index (χ0n) is 7.46. The van der Waals surface area contributed by atoms with Crippen molar-refractivity contribution in [2.45, 2.75) is 12.5 Å². The predicted molar refractivity (Wildman–Crippen MR) is 50.6 cm³/mol. The van der Waals surface area contributed by atoms with Gasteiger partial charge in [-0.1, -0.05) is 18.2 Å². The van der Waals surface area contributed by atoms with E-state index in [1.54, 1.807) is 12.1 Å². The lowest BCUT2D eigenvalue weighted by Crippen LogP contribution is -1.96. The Labute approximate surface area is 82.1 Å². The fraction of sp³-hybridized carbons (Fsp3) is 0.200. The second-order valence-electron chi connectivity index (χ2n) is 2.56. The molecule has 0 aliphatic heterocycles. The smallest absolute Gasteiger partial charge is 0.170 e. The van der Waals surface area contributed by atoms with Crippen molar-refractivity contribution in [1.29, 1.82) is 10.5 Å². The van der Waals surface area contributed by atoms with Crippen LogP contribution in [0.25, 0.3) is 0 Å². The molecule has 0 aromatic heterocycles. The average Bonchev–Trinajstić information content (AvgIpc) is 2.25. The van der Waals surface area contributed by atoms with E-state index in [4.69, 9.17) is 10.5 Å². The third-order valence-corrected chi connectivity index (χ3v) is 1.50. The molecule has 14 heavy (non-hydrogen) atoms. The summed E-state index contributed by atoms with van der Waals surface area (Å²) in [5.41, 5.74) is 0.686. The maximum Gasteiger partial charge on any atom is 0.170 e. The van der Waals surface area contributed by atoms with Gasteiger partial charge in [0.2, 0.25) is 0 Å². The van der Waals surface area contributed by atoms with Gasteiger partial charge >= 0.3 is 0 Å². The van der Waals surface area contributed by atoms with Crippen molar-refractivity contribution in [2.75, 3.05) is 0 Å². The molecule has 0 saturated carbocycles. The minimum Gasteiger partial charge on any atom is -0.198 e. The van der Waals surface area contributed by atoms with Crippen LogP contribution in [0.1, 0.15) is 6.42 Å². The molecule has 0 aliphatic rings. The summed E-state index contributed by atoms with van der Waals surface area (Å²) in [4.78, 5) is 0. The minimum atomic E-state index is -0.666. The number of hydrogen-bond acceptors (Lipinski definition) is 4. The van der Waals surface area contributed by atoms with Crippen molar-refractivity contribution < 1.29 is 0 Å². The summed E-state index contributed by atoms with van der Waals surface area (Å²) in [6, 6.07) is 12.2. The Morgan fingerprint density at radius 1 is 1.21 bits per heavy atom. The zero-order valence-corrected chi connectivity index (χ0v) is 7.46. The number of nitrogens with zero attached hydrogens (tertiary/aromatic N) is 4. The van der Waals surface area contributed by atoms with Crippen LogP contribution in [0.15, 0.2) is 40.6 Å². The molecule has 0 aliphatic carbocycles. The zero-order chi connectivity index (χ0) is 10.2. The average molecular weight is 184 g/mol. The van der Waals surface area contributed by atoms with Crippen LogP contribution in [0.4, 0.5) is 5.69 Å². The number of nitriles is 2. The van der Waals surface area contributed by atoms with E-state index in [1.165, 1.54) is 0 Å². The molecular formula is C10H8N4. The molecule has 1 aromatic carbocycles. The monoisotopic (exact) mass is 184 g/mol. The summed E-state index contributed by atoms with van der Waals surface area (Å²) in [6.07, 6.45) is 0.0762. The molecule has 0 saturated heterocycles. The number of rotatable bonds is 3. The van der Waals surface area contributed by atoms with E-state index in [9.17, 15) is 0 Å². The molecule has 0 bridgehead atoms. The molecule has 1 unspecified atom stereocenters. The molecular weight excluding hydrogens is 176 g/mol. The maximum absolute atomic E-state index is 8.58. The standard InChI is InChI=1S/C10H8N4/c11-7-6-10(8-12)14-13-9-4-2-1-3-5-9/h1-5,10H,6H2/b14-13+. The van der Waals surface area contributed by atoms with Crippen LogP contribution in [0, 0.1) is 22.7 Å². The van der Waals surface area contributed by atoms with Gasteiger partial charge in [-0.2, -0.15) is 20.8 Å². The van der Waals surface area contributed by atoms with Gasteiger partial charge in [0.15, 0.2) is 6.04 Å². The number of benzene rings is 1. The molecule has 1 atom stereocenters. The number of hydrogen-bond donors (Lipinski definition) is 0. The maximum atomic E-state index is 8.58. The summed E-state index contributed by atoms with van der Waals surface area (Å²) < 4.78 is 0. The fourth-order valence-electron chi connectivity index (χ4n) is 0.830. The summed E-state index contributed by atoms with van der Waals surface area (Å²) in [6.45, 7) is 0. The van der Waals surface area contributed by atoms with E-state index in [2.05, 4.69) is 10.2 Å². The molecule has 0 spiro atoms. The Hall–Kier alpha value is -2.20. The molecule has 0 radical (unpaired) electrons. The van der Waals surface area contributed by atoms with Crippen LogP contribution in [0.5, 0.6) is 0 Å². The largest absolute Gasteiger partial charge is 0.198 e. The quantitative estimate of drug-likeness (QED) is 0.677. The van der Waals surface area contributed by atoms with Gasteiger partial charge < -0.3 is 0 Å². The van der Waals surface area contributed by atoms with Crippen molar-refractivity contribution >= 4 is 5.69 Å². The van der Waals surface area contributed by atoms with Crippen molar-refractivity contribution in [3.05, 3.63) is 30.3 Å². The van der Waals surface area contributed by atoms with E-state index in [0.29, 0.717) is 5.69 Å². The fourth-order valence-corrected chi connectivity index (χ4v) is 0.830. The second-order valence-corrected chi connectivity index (χ2v) is 2.56. The van der Waals surface area contributed by atoms with Gasteiger partial charge in [-0.25, -0.2) is 0 Å². The van der Waals surface area contributed by atoms with Crippen LogP contribution >= 0.6 is 0 Å². The van der Waals surface area contributed by atoms with Crippen molar-refractivity contribution in [3.8, 4) is 12.1 Å². The van der Waals surface area contributed by atoms with E-state index in [1.807, 2.05) is 30.3 Å². The third-order valence-electron chi connectivity index (χ3n) is 1.50. The highest BCUT2D eigenvalue weighted by Crippen LogP contribution is 2.11. The Balaban J connectivity index is 2.65. The Bertz CT molecular complexity index is 383. The molecule has 0 amide bonds. The summed E-state index contributed by atoms with van der Waals surface area (Å²) in [5.74, 6) is 0. The van der Waals surface area contributed by atoms with Crippen LogP contribution in [-0.2, 0) is 0 Å². The van der Waals surface area contributed by atoms with Crippen molar-refractivity contribution in [1.82, 2.24) is 0 Å². The molecule has 4 nitrogen and oxygen atoms in total. The SMILES string of the molecule is N#CCC(C#N)/N=N/c1ccccc1. The molecule has 68 valence electrons. The highest BCUT2D eigenvalue weighted by Gasteiger charge is 2.02. The van der Waals surface area contributed by atoms with Crippen molar-refractivity contribution in [2.24, 2.45) is 10.2 Å². The van der Waals surface area contributed by atoms with Crippen LogP contribution in [0.2, 0.25) is 0 Å². The first kappa shape index (κ1) is 9.88. The second kappa shape index (κ2) is 5.45. The van der Waals surface area contributed by atoms with E-state index >= 15 is 0 Å². The lowest BCUT2D eigenvalue weighted by atomic mass is 10.3. The Morgan fingerprint density at radius 2 is 1.93 bits per heavy atom. The van der Waals surface area contributed by atoms with Gasteiger partial charge in [-0.15, -0.1) is 0 Å². The first-order chi connectivity index (χ1) is 6.86. The van der Waals surface area contributed by atoms with Gasteiger partial charge in [-0.05, 0) is 12.1 Å². The molecule has 0 fully saturated rings. The third kappa shape index (κ3) is 3.04. The minimum absolute atomic E-state index is 0.0762. The Kier molecular flexibility index (Phi) is 3.85. The van der Waals surface area contributed by atoms with Gasteiger partial charge in [0, 0.05) is 0 Å². The lowest BCUT2D eigenvalue weighted by molar-refractivity contribution is 0.802. The molecule has 4 heteroatoms. The molecule has 0 N–H and O–H groups in total. The predicted octanol–water partition coefficient (Wildman–Crippen LogP) is 2.58. The van der Waals surface area contributed by atoms with Gasteiger partial charge in [0.05, 0.1) is 24.2 Å². The molecule has 1 aromatic rings. The van der Waals surface area contributed by atoms with Gasteiger partial charge in [-0.3, -0.25) is 0 Å². The highest BCUT2D eigenvalue weighted by atomic mass is 15.1. The number of azo groups is 1. The van der Waals surface area contributed by atoms with Crippen LogP contribution in [0.3, 0.4) is 0 Å². The summed E-state index contributed by atoms with van der Waals surface area (Å²) in [5, 5.41) is 24.5. The first-order valence-electron chi connectivity index (χ1n) is 4.09. The van der Waals surface area contributed by atoms with Crippen LogP contribution < -0.4 is 0 Å². The summed E-state index contributed by atoms with van der Waals surface area (Å²) in [7, 11) is 0. The molecule has 1 rings (SSSR count). The van der Waals surface area contributed by atoms with E-state index in [-0.39, 0.29) is 6.42 Å². The van der Waals surface area contributed by atoms with Gasteiger partial charge in [0.25, 0.3) is 0 Å². The summed E-state index contributed by atoms with van der Waals surface area (Å²) >= 11 is 0. The van der Waals surface area contributed by atoms with Gasteiger partial charge in [0.1, 0.15) is 0 Å². The molecule has 0 heterocycles. The van der Waals surface area contributed by atoms with Crippen LogP contribution in [-0.4, -0.2) is 6.04 Å². The van der Waals surface area contributed by atoms with E-state index in [0.717, 1.165) is 0 Å². The topological polar surface area (TPSA) is 72.3 Å². The van der Waals surface area contributed by atoms with E-state index < -0.39 is 6.04 Å². The van der Waals surface area contributed by atoms with Crippen molar-refractivity contribution in [3.63, 3.8) is 0 Å². The highest BCUT2D eigenvalue weighted by molar-refractivity contribution is 5.34. The normalized spacial score (nSPS) is 11.9. The Morgan fingerprint density at radius 3 is 2.50 bits per heavy atom. The first-order valence-corrected chi connectivity index (χ1v) is 4.09. The lowest BCUT2D eigenvalue weighted by Gasteiger charge is -1.94.